The number of methoxy groups -OCH3 is 1. The molecule has 1 heterocycles. The number of ether oxygens (including phenoxy) is 1. The summed E-state index contributed by atoms with van der Waals surface area (Å²) in [6, 6.07) is 8.98. The van der Waals surface area contributed by atoms with Crippen molar-refractivity contribution < 1.29 is 14.5 Å². The zero-order chi connectivity index (χ0) is 15.4. The minimum absolute atomic E-state index is 0.0725. The molecule has 21 heavy (non-hydrogen) atoms. The Morgan fingerprint density at radius 1 is 1.48 bits per heavy atom. The monoisotopic (exact) mass is 309 g/mol. The Labute approximate surface area is 125 Å². The lowest BCUT2D eigenvalue weighted by molar-refractivity contribution is -0.389. The maximum absolute atomic E-state index is 11.9. The summed E-state index contributed by atoms with van der Waals surface area (Å²) >= 11 is 5.74. The number of hydrogen-bond donors (Lipinski definition) is 0. The van der Waals surface area contributed by atoms with Gasteiger partial charge in [-0.25, -0.2) is 0 Å². The molecule has 2 rings (SSSR count). The van der Waals surface area contributed by atoms with Crippen molar-refractivity contribution in [2.75, 3.05) is 7.11 Å². The van der Waals surface area contributed by atoms with Crippen LogP contribution in [0.5, 0.6) is 0 Å². The zero-order valence-electron chi connectivity index (χ0n) is 11.1. The number of esters is 1. The lowest BCUT2D eigenvalue weighted by Gasteiger charge is -2.13. The first-order valence-electron chi connectivity index (χ1n) is 6.03. The third-order valence-electron chi connectivity index (χ3n) is 2.93. The molecule has 0 spiro atoms. The topological polar surface area (TPSA) is 87.3 Å². The Morgan fingerprint density at radius 2 is 2.14 bits per heavy atom. The number of carbonyl (C=O) groups excluding carboxylic acids is 1. The third-order valence-corrected chi connectivity index (χ3v) is 3.20. The largest absolute Gasteiger partial charge is 0.468 e. The van der Waals surface area contributed by atoms with Crippen LogP contribution in [0.2, 0.25) is 5.02 Å². The number of halogens is 1. The molecular weight excluding hydrogens is 298 g/mol. The fourth-order valence-corrected chi connectivity index (χ4v) is 2.15. The number of hydrogen-bond acceptors (Lipinski definition) is 5. The van der Waals surface area contributed by atoms with Crippen LogP contribution in [0.25, 0.3) is 0 Å². The van der Waals surface area contributed by atoms with E-state index in [2.05, 4.69) is 5.10 Å². The summed E-state index contributed by atoms with van der Waals surface area (Å²) in [6.07, 6.45) is 1.32. The predicted octanol–water partition coefficient (Wildman–Crippen LogP) is 2.40. The van der Waals surface area contributed by atoms with Crippen LogP contribution < -0.4 is 0 Å². The fraction of sp³-hybridized carbons (Fsp3) is 0.231. The molecule has 0 aliphatic rings. The van der Waals surface area contributed by atoms with E-state index in [0.29, 0.717) is 0 Å². The number of aromatic nitrogens is 2. The Kier molecular flexibility index (Phi) is 4.54. The standard InChI is InChI=1S/C13H12ClN3O4/c1-21-13(18)10(9-5-3-2-4-6-9)7-16-8-11(14)12(15-16)17(19)20/h2-6,8,10H,7H2,1H3. The maximum atomic E-state index is 11.9. The molecule has 1 atom stereocenters. The average Bonchev–Trinajstić information content (AvgIpc) is 2.86. The van der Waals surface area contributed by atoms with Crippen molar-refractivity contribution in [1.82, 2.24) is 9.78 Å². The molecule has 0 aliphatic carbocycles. The second-order valence-corrected chi connectivity index (χ2v) is 4.67. The smallest absolute Gasteiger partial charge is 0.408 e. The van der Waals surface area contributed by atoms with Crippen molar-refractivity contribution in [3.63, 3.8) is 0 Å². The van der Waals surface area contributed by atoms with E-state index in [1.807, 2.05) is 6.07 Å². The van der Waals surface area contributed by atoms with Gasteiger partial charge >= 0.3 is 11.8 Å². The first-order chi connectivity index (χ1) is 10.0. The quantitative estimate of drug-likeness (QED) is 0.481. The number of nitrogens with zero attached hydrogens (tertiary/aromatic N) is 3. The summed E-state index contributed by atoms with van der Waals surface area (Å²) in [6.45, 7) is 0.101. The van der Waals surface area contributed by atoms with Gasteiger partial charge in [-0.05, 0) is 10.5 Å². The highest BCUT2D eigenvalue weighted by molar-refractivity contribution is 6.32. The van der Waals surface area contributed by atoms with Gasteiger partial charge in [0.15, 0.2) is 5.02 Å². The Balaban J connectivity index is 2.30. The molecule has 8 heteroatoms. The van der Waals surface area contributed by atoms with Gasteiger partial charge in [-0.15, -0.1) is 0 Å². The Hall–Kier alpha value is -2.41. The molecule has 1 aromatic carbocycles. The van der Waals surface area contributed by atoms with Gasteiger partial charge < -0.3 is 14.9 Å². The molecule has 0 N–H and O–H groups in total. The molecule has 2 aromatic rings. The second-order valence-electron chi connectivity index (χ2n) is 4.27. The minimum Gasteiger partial charge on any atom is -0.468 e. The molecule has 1 aromatic heterocycles. The van der Waals surface area contributed by atoms with Crippen molar-refractivity contribution in [2.45, 2.75) is 12.5 Å². The number of nitro groups is 1. The summed E-state index contributed by atoms with van der Waals surface area (Å²) in [4.78, 5) is 22.0. The fourth-order valence-electron chi connectivity index (χ4n) is 1.93. The second kappa shape index (κ2) is 6.36. The zero-order valence-corrected chi connectivity index (χ0v) is 11.9. The van der Waals surface area contributed by atoms with Crippen LogP contribution in [-0.4, -0.2) is 27.8 Å². The normalized spacial score (nSPS) is 11.9. The third kappa shape index (κ3) is 3.38. The lowest BCUT2D eigenvalue weighted by Crippen LogP contribution is -2.20. The summed E-state index contributed by atoms with van der Waals surface area (Å²) < 4.78 is 6.05. The van der Waals surface area contributed by atoms with E-state index >= 15 is 0 Å². The Bertz CT molecular complexity index is 657. The van der Waals surface area contributed by atoms with Crippen LogP contribution in [-0.2, 0) is 16.1 Å². The van der Waals surface area contributed by atoms with E-state index < -0.39 is 22.6 Å². The van der Waals surface area contributed by atoms with Gasteiger partial charge in [0, 0.05) is 0 Å². The van der Waals surface area contributed by atoms with Gasteiger partial charge in [-0.2, -0.15) is 4.68 Å². The van der Waals surface area contributed by atoms with Gasteiger partial charge in [0.05, 0.1) is 25.0 Å². The molecule has 0 saturated carbocycles. The molecule has 7 nitrogen and oxygen atoms in total. The van der Waals surface area contributed by atoms with E-state index in [-0.39, 0.29) is 11.6 Å². The molecule has 0 radical (unpaired) electrons. The van der Waals surface area contributed by atoms with Crippen molar-refractivity contribution in [3.8, 4) is 0 Å². The van der Waals surface area contributed by atoms with E-state index in [4.69, 9.17) is 16.3 Å². The van der Waals surface area contributed by atoms with E-state index in [9.17, 15) is 14.9 Å². The van der Waals surface area contributed by atoms with Crippen molar-refractivity contribution in [1.29, 1.82) is 0 Å². The van der Waals surface area contributed by atoms with Crippen LogP contribution in [0.1, 0.15) is 11.5 Å². The average molecular weight is 310 g/mol. The molecule has 110 valence electrons. The summed E-state index contributed by atoms with van der Waals surface area (Å²) in [7, 11) is 1.29. The maximum Gasteiger partial charge on any atom is 0.408 e. The van der Waals surface area contributed by atoms with Crippen molar-refractivity contribution >= 4 is 23.4 Å². The van der Waals surface area contributed by atoms with E-state index in [1.54, 1.807) is 24.3 Å². The summed E-state index contributed by atoms with van der Waals surface area (Å²) in [5, 5.41) is 14.4. The number of benzene rings is 1. The van der Waals surface area contributed by atoms with Crippen LogP contribution in [0.3, 0.4) is 0 Å². The number of carbonyl (C=O) groups is 1. The molecular formula is C13H12ClN3O4. The molecule has 0 aliphatic heterocycles. The highest BCUT2D eigenvalue weighted by Gasteiger charge is 2.26. The lowest BCUT2D eigenvalue weighted by atomic mass is 9.99. The van der Waals surface area contributed by atoms with E-state index in [1.165, 1.54) is 18.0 Å². The first-order valence-corrected chi connectivity index (χ1v) is 6.41. The highest BCUT2D eigenvalue weighted by Crippen LogP contribution is 2.24. The molecule has 1 unspecified atom stereocenters. The van der Waals surface area contributed by atoms with Gasteiger partial charge in [0.2, 0.25) is 0 Å². The Morgan fingerprint density at radius 3 is 2.67 bits per heavy atom. The van der Waals surface area contributed by atoms with Crippen molar-refractivity contribution in [2.24, 2.45) is 0 Å². The van der Waals surface area contributed by atoms with Crippen LogP contribution >= 0.6 is 11.6 Å². The summed E-state index contributed by atoms with van der Waals surface area (Å²) in [5.41, 5.74) is 0.735. The minimum atomic E-state index is -0.672. The van der Waals surface area contributed by atoms with Gasteiger partial charge in [0.1, 0.15) is 5.92 Å². The molecule has 0 amide bonds. The van der Waals surface area contributed by atoms with Gasteiger partial charge in [-0.1, -0.05) is 41.9 Å². The van der Waals surface area contributed by atoms with Gasteiger partial charge in [0.25, 0.3) is 0 Å². The summed E-state index contributed by atoms with van der Waals surface area (Å²) in [5.74, 6) is -1.50. The predicted molar refractivity (Wildman–Crippen MR) is 75.1 cm³/mol. The SMILES string of the molecule is COC(=O)C(Cn1cc(Cl)c([N+](=O)[O-])n1)c1ccccc1. The van der Waals surface area contributed by atoms with E-state index in [0.717, 1.165) is 5.56 Å². The molecule has 0 bridgehead atoms. The number of rotatable bonds is 5. The van der Waals surface area contributed by atoms with Crippen LogP contribution in [0, 0.1) is 10.1 Å². The van der Waals surface area contributed by atoms with Crippen molar-refractivity contribution in [3.05, 3.63) is 57.2 Å². The van der Waals surface area contributed by atoms with Crippen LogP contribution in [0.15, 0.2) is 36.5 Å². The highest BCUT2D eigenvalue weighted by atomic mass is 35.5. The van der Waals surface area contributed by atoms with Crippen LogP contribution in [0.4, 0.5) is 5.82 Å². The molecule has 0 saturated heterocycles. The van der Waals surface area contributed by atoms with Gasteiger partial charge in [-0.3, -0.25) is 4.79 Å². The first kappa shape index (κ1) is 15.0. The molecule has 0 fully saturated rings.